The lowest BCUT2D eigenvalue weighted by molar-refractivity contribution is -0.117. The van der Waals surface area contributed by atoms with Gasteiger partial charge < -0.3 is 14.8 Å². The standard InChI is InChI=1S/C13H18FNO3/c1-8-5-6-10(14)7-11(8)12(16)15-9(2)13(17-3)18-4/h5-7,9,13H,1-4H3,(H,15,16). The van der Waals surface area contributed by atoms with Crippen LogP contribution >= 0.6 is 0 Å². The molecule has 1 rings (SSSR count). The first-order valence-corrected chi connectivity index (χ1v) is 5.62. The van der Waals surface area contributed by atoms with Gasteiger partial charge in [0.2, 0.25) is 0 Å². The molecular weight excluding hydrogens is 237 g/mol. The van der Waals surface area contributed by atoms with E-state index in [1.807, 2.05) is 0 Å². The molecule has 1 unspecified atom stereocenters. The minimum atomic E-state index is -0.539. The third kappa shape index (κ3) is 3.51. The Morgan fingerprint density at radius 3 is 2.50 bits per heavy atom. The van der Waals surface area contributed by atoms with Gasteiger partial charge in [0.15, 0.2) is 6.29 Å². The predicted octanol–water partition coefficient (Wildman–Crippen LogP) is 1.87. The fourth-order valence-electron chi connectivity index (χ4n) is 1.70. The van der Waals surface area contributed by atoms with Crippen LogP contribution < -0.4 is 5.32 Å². The third-order valence-electron chi connectivity index (χ3n) is 2.68. The zero-order valence-corrected chi connectivity index (χ0v) is 11.0. The first-order chi connectivity index (χ1) is 8.49. The number of benzene rings is 1. The van der Waals surface area contributed by atoms with Gasteiger partial charge in [-0.2, -0.15) is 0 Å². The second-order valence-corrected chi connectivity index (χ2v) is 4.06. The van der Waals surface area contributed by atoms with E-state index in [2.05, 4.69) is 5.32 Å². The van der Waals surface area contributed by atoms with Crippen LogP contribution in [0.1, 0.15) is 22.8 Å². The molecule has 0 radical (unpaired) electrons. The van der Waals surface area contributed by atoms with Crippen LogP contribution in [-0.4, -0.2) is 32.5 Å². The molecule has 1 amide bonds. The maximum Gasteiger partial charge on any atom is 0.252 e. The zero-order chi connectivity index (χ0) is 13.7. The predicted molar refractivity (Wildman–Crippen MR) is 65.9 cm³/mol. The molecule has 1 atom stereocenters. The number of carbonyl (C=O) groups is 1. The van der Waals surface area contributed by atoms with E-state index in [0.717, 1.165) is 0 Å². The van der Waals surface area contributed by atoms with Gasteiger partial charge in [0.05, 0.1) is 6.04 Å². The summed E-state index contributed by atoms with van der Waals surface area (Å²) in [7, 11) is 2.98. The van der Waals surface area contributed by atoms with Crippen molar-refractivity contribution >= 4 is 5.91 Å². The summed E-state index contributed by atoms with van der Waals surface area (Å²) in [5, 5.41) is 2.71. The van der Waals surface area contributed by atoms with Crippen molar-refractivity contribution in [3.05, 3.63) is 35.1 Å². The van der Waals surface area contributed by atoms with Crippen molar-refractivity contribution in [2.45, 2.75) is 26.2 Å². The van der Waals surface area contributed by atoms with Crippen molar-refractivity contribution in [2.75, 3.05) is 14.2 Å². The molecule has 0 heterocycles. The van der Waals surface area contributed by atoms with Gasteiger partial charge in [-0.3, -0.25) is 4.79 Å². The average Bonchev–Trinajstić information content (AvgIpc) is 2.33. The van der Waals surface area contributed by atoms with Gasteiger partial charge in [-0.05, 0) is 31.5 Å². The van der Waals surface area contributed by atoms with Crippen molar-refractivity contribution in [3.8, 4) is 0 Å². The van der Waals surface area contributed by atoms with Crippen LogP contribution in [-0.2, 0) is 9.47 Å². The highest BCUT2D eigenvalue weighted by Gasteiger charge is 2.19. The highest BCUT2D eigenvalue weighted by molar-refractivity contribution is 5.95. The summed E-state index contributed by atoms with van der Waals surface area (Å²) in [4.78, 5) is 12.0. The van der Waals surface area contributed by atoms with Crippen LogP contribution in [0.2, 0.25) is 0 Å². The molecular formula is C13H18FNO3. The Bertz CT molecular complexity index is 419. The summed E-state index contributed by atoms with van der Waals surface area (Å²) in [5.74, 6) is -0.785. The Morgan fingerprint density at radius 1 is 1.33 bits per heavy atom. The maximum absolute atomic E-state index is 13.1. The molecule has 100 valence electrons. The molecule has 0 aliphatic heterocycles. The molecule has 0 fully saturated rings. The first-order valence-electron chi connectivity index (χ1n) is 5.62. The van der Waals surface area contributed by atoms with Gasteiger partial charge in [0, 0.05) is 19.8 Å². The van der Waals surface area contributed by atoms with Crippen LogP contribution in [0.5, 0.6) is 0 Å². The molecule has 0 aromatic heterocycles. The highest BCUT2D eigenvalue weighted by atomic mass is 19.1. The topological polar surface area (TPSA) is 47.6 Å². The number of hydrogen-bond donors (Lipinski definition) is 1. The summed E-state index contributed by atoms with van der Waals surface area (Å²) < 4.78 is 23.2. The van der Waals surface area contributed by atoms with Crippen molar-refractivity contribution in [2.24, 2.45) is 0 Å². The molecule has 1 N–H and O–H groups in total. The second kappa shape index (κ2) is 6.47. The molecule has 1 aromatic carbocycles. The summed E-state index contributed by atoms with van der Waals surface area (Å²) in [5.41, 5.74) is 1.03. The fraction of sp³-hybridized carbons (Fsp3) is 0.462. The van der Waals surface area contributed by atoms with Gasteiger partial charge in [-0.25, -0.2) is 4.39 Å². The first kappa shape index (κ1) is 14.6. The highest BCUT2D eigenvalue weighted by Crippen LogP contribution is 2.11. The molecule has 18 heavy (non-hydrogen) atoms. The average molecular weight is 255 g/mol. The lowest BCUT2D eigenvalue weighted by Gasteiger charge is -2.22. The molecule has 0 spiro atoms. The molecule has 4 nitrogen and oxygen atoms in total. The maximum atomic E-state index is 13.1. The third-order valence-corrected chi connectivity index (χ3v) is 2.68. The van der Waals surface area contributed by atoms with Gasteiger partial charge in [0.25, 0.3) is 5.91 Å². The number of nitrogens with one attached hydrogen (secondary N) is 1. The molecule has 1 aromatic rings. The second-order valence-electron chi connectivity index (χ2n) is 4.06. The lowest BCUT2D eigenvalue weighted by atomic mass is 10.1. The Balaban J connectivity index is 2.79. The normalized spacial score (nSPS) is 12.6. The van der Waals surface area contributed by atoms with Crippen LogP contribution in [0.4, 0.5) is 4.39 Å². The number of methoxy groups -OCH3 is 2. The molecule has 0 aliphatic rings. The molecule has 0 aliphatic carbocycles. The summed E-state index contributed by atoms with van der Waals surface area (Å²) >= 11 is 0. The molecule has 0 saturated heterocycles. The number of amides is 1. The Hall–Kier alpha value is -1.46. The Kier molecular flexibility index (Phi) is 5.25. The number of rotatable bonds is 5. The number of ether oxygens (including phenoxy) is 2. The smallest absolute Gasteiger partial charge is 0.252 e. The largest absolute Gasteiger partial charge is 0.354 e. The summed E-state index contributed by atoms with van der Waals surface area (Å²) in [6.07, 6.45) is -0.539. The van der Waals surface area contributed by atoms with E-state index in [9.17, 15) is 9.18 Å². The SMILES string of the molecule is COC(OC)C(C)NC(=O)c1cc(F)ccc1C. The summed E-state index contributed by atoms with van der Waals surface area (Å²) in [6.45, 7) is 3.51. The van der Waals surface area contributed by atoms with E-state index in [4.69, 9.17) is 9.47 Å². The number of carbonyl (C=O) groups excluding carboxylic acids is 1. The minimum Gasteiger partial charge on any atom is -0.354 e. The van der Waals surface area contributed by atoms with Crippen molar-refractivity contribution in [1.82, 2.24) is 5.32 Å². The molecule has 0 saturated carbocycles. The van der Waals surface area contributed by atoms with Crippen LogP contribution in [0.15, 0.2) is 18.2 Å². The Labute approximate surface area is 106 Å². The van der Waals surface area contributed by atoms with E-state index in [0.29, 0.717) is 11.1 Å². The van der Waals surface area contributed by atoms with E-state index in [-0.39, 0.29) is 11.9 Å². The minimum absolute atomic E-state index is 0.313. The van der Waals surface area contributed by atoms with Gasteiger partial charge in [-0.15, -0.1) is 0 Å². The fourth-order valence-corrected chi connectivity index (χ4v) is 1.70. The zero-order valence-electron chi connectivity index (χ0n) is 11.0. The van der Waals surface area contributed by atoms with E-state index < -0.39 is 12.1 Å². The van der Waals surface area contributed by atoms with E-state index >= 15 is 0 Å². The van der Waals surface area contributed by atoms with Gasteiger partial charge in [0.1, 0.15) is 5.82 Å². The Morgan fingerprint density at radius 2 is 1.94 bits per heavy atom. The number of hydrogen-bond acceptors (Lipinski definition) is 3. The van der Waals surface area contributed by atoms with Gasteiger partial charge in [-0.1, -0.05) is 6.07 Å². The number of aryl methyl sites for hydroxylation is 1. The molecule has 0 bridgehead atoms. The van der Waals surface area contributed by atoms with Crippen LogP contribution in [0.3, 0.4) is 0 Å². The lowest BCUT2D eigenvalue weighted by Crippen LogP contribution is -2.43. The van der Waals surface area contributed by atoms with Gasteiger partial charge >= 0.3 is 0 Å². The van der Waals surface area contributed by atoms with Crippen LogP contribution in [0.25, 0.3) is 0 Å². The van der Waals surface area contributed by atoms with Crippen LogP contribution in [0, 0.1) is 12.7 Å². The van der Waals surface area contributed by atoms with E-state index in [1.54, 1.807) is 19.9 Å². The quantitative estimate of drug-likeness (QED) is 0.817. The number of halogens is 1. The van der Waals surface area contributed by atoms with E-state index in [1.165, 1.54) is 26.4 Å². The summed E-state index contributed by atoms with van der Waals surface area (Å²) in [6, 6.07) is 3.77. The monoisotopic (exact) mass is 255 g/mol. The van der Waals surface area contributed by atoms with Crippen molar-refractivity contribution < 1.29 is 18.7 Å². The van der Waals surface area contributed by atoms with Crippen molar-refractivity contribution in [3.63, 3.8) is 0 Å². The van der Waals surface area contributed by atoms with Crippen molar-refractivity contribution in [1.29, 1.82) is 0 Å². The molecule has 5 heteroatoms.